The highest BCUT2D eigenvalue weighted by molar-refractivity contribution is 5.56. The van der Waals surface area contributed by atoms with Gasteiger partial charge in [0.05, 0.1) is 30.7 Å². The third kappa shape index (κ3) is 10.2. The third-order valence-corrected chi connectivity index (χ3v) is 5.49. The molecular weight excluding hydrogens is 394 g/mol. The van der Waals surface area contributed by atoms with E-state index in [1.54, 1.807) is 31.5 Å². The Bertz CT molecular complexity index is 735. The van der Waals surface area contributed by atoms with Crippen LogP contribution in [0.2, 0.25) is 0 Å². The van der Waals surface area contributed by atoms with Gasteiger partial charge in [-0.15, -0.1) is 0 Å². The molecule has 0 saturated heterocycles. The molecular formula is C26H38F2N2O. The van der Waals surface area contributed by atoms with Crippen molar-refractivity contribution in [1.29, 1.82) is 0 Å². The molecule has 2 rings (SSSR count). The monoisotopic (exact) mass is 432 g/mol. The first-order chi connectivity index (χ1) is 15.1. The Morgan fingerprint density at radius 2 is 1.58 bits per heavy atom. The summed E-state index contributed by atoms with van der Waals surface area (Å²) in [6, 6.07) is 5.22. The molecule has 31 heavy (non-hydrogen) atoms. The van der Waals surface area contributed by atoms with Crippen molar-refractivity contribution < 1.29 is 13.5 Å². The summed E-state index contributed by atoms with van der Waals surface area (Å²) in [4.78, 5) is 8.56. The van der Waals surface area contributed by atoms with Gasteiger partial charge >= 0.3 is 0 Å². The Kier molecular flexibility index (Phi) is 12.1. The van der Waals surface area contributed by atoms with Crippen LogP contribution in [0.25, 0.3) is 11.4 Å². The lowest BCUT2D eigenvalue weighted by Gasteiger charge is -2.08. The number of hydrogen-bond acceptors (Lipinski definition) is 3. The Morgan fingerprint density at radius 1 is 0.903 bits per heavy atom. The van der Waals surface area contributed by atoms with Crippen molar-refractivity contribution in [2.45, 2.75) is 97.1 Å². The van der Waals surface area contributed by atoms with Gasteiger partial charge in [-0.2, -0.15) is 0 Å². The summed E-state index contributed by atoms with van der Waals surface area (Å²) in [6.45, 7) is 4.47. The number of aryl methyl sites for hydroxylation is 1. The van der Waals surface area contributed by atoms with E-state index >= 15 is 0 Å². The smallest absolute Gasteiger partial charge is 0.162 e. The maximum absolute atomic E-state index is 14.6. The van der Waals surface area contributed by atoms with Gasteiger partial charge < -0.3 is 4.74 Å². The first-order valence-electron chi connectivity index (χ1n) is 12.0. The highest BCUT2D eigenvalue weighted by atomic mass is 19.1. The molecule has 0 N–H and O–H groups in total. The number of alkyl halides is 1. The summed E-state index contributed by atoms with van der Waals surface area (Å²) in [5.74, 6) is 0.672. The molecule has 0 aliphatic heterocycles. The molecule has 1 aromatic carbocycles. The van der Waals surface area contributed by atoms with Crippen LogP contribution in [0.4, 0.5) is 8.78 Å². The fraction of sp³-hybridized carbons (Fsp3) is 0.615. The van der Waals surface area contributed by atoms with Gasteiger partial charge in [0.2, 0.25) is 0 Å². The van der Waals surface area contributed by atoms with Crippen LogP contribution >= 0.6 is 0 Å². The average molecular weight is 433 g/mol. The van der Waals surface area contributed by atoms with E-state index in [0.717, 1.165) is 37.7 Å². The number of halogens is 2. The average Bonchev–Trinajstić information content (AvgIpc) is 2.76. The summed E-state index contributed by atoms with van der Waals surface area (Å²) in [5, 5.41) is 0. The number of unbranched alkanes of at least 4 members (excludes halogenated alkanes) is 8. The molecule has 0 bridgehead atoms. The highest BCUT2D eigenvalue weighted by Gasteiger charge is 2.09. The summed E-state index contributed by atoms with van der Waals surface area (Å²) in [7, 11) is 0. The number of ether oxygens (including phenoxy) is 1. The Balaban J connectivity index is 1.73. The Labute approximate surface area is 186 Å². The maximum Gasteiger partial charge on any atom is 0.162 e. The SMILES string of the molecule is CCCCCCCCCOc1cnc(-c2ccc(CCCCCC(C)F)cc2F)nc1. The van der Waals surface area contributed by atoms with Crippen molar-refractivity contribution in [1.82, 2.24) is 9.97 Å². The van der Waals surface area contributed by atoms with E-state index in [1.807, 2.05) is 6.07 Å². The van der Waals surface area contributed by atoms with Crippen LogP contribution in [0.5, 0.6) is 5.75 Å². The van der Waals surface area contributed by atoms with Crippen molar-refractivity contribution >= 4 is 0 Å². The normalized spacial score (nSPS) is 12.1. The number of hydrogen-bond donors (Lipinski definition) is 0. The van der Waals surface area contributed by atoms with Crippen LogP contribution in [0, 0.1) is 5.82 Å². The topological polar surface area (TPSA) is 35.0 Å². The number of nitrogens with zero attached hydrogens (tertiary/aromatic N) is 2. The molecule has 1 heterocycles. The second-order valence-corrected chi connectivity index (χ2v) is 8.41. The summed E-state index contributed by atoms with van der Waals surface area (Å²) < 4.78 is 33.1. The zero-order chi connectivity index (χ0) is 22.3. The Morgan fingerprint density at radius 3 is 2.26 bits per heavy atom. The minimum atomic E-state index is -0.742. The molecule has 2 aromatic rings. The van der Waals surface area contributed by atoms with E-state index in [9.17, 15) is 8.78 Å². The van der Waals surface area contributed by atoms with Gasteiger partial charge in [0.25, 0.3) is 0 Å². The van der Waals surface area contributed by atoms with Gasteiger partial charge in [-0.1, -0.05) is 64.4 Å². The third-order valence-electron chi connectivity index (χ3n) is 5.49. The van der Waals surface area contributed by atoms with Crippen LogP contribution < -0.4 is 4.74 Å². The quantitative estimate of drug-likeness (QED) is 0.253. The molecule has 0 aliphatic carbocycles. The van der Waals surface area contributed by atoms with Gasteiger partial charge in [0, 0.05) is 0 Å². The summed E-state index contributed by atoms with van der Waals surface area (Å²) in [6.07, 6.45) is 15.3. The van der Waals surface area contributed by atoms with Crippen LogP contribution in [-0.2, 0) is 6.42 Å². The number of aromatic nitrogens is 2. The van der Waals surface area contributed by atoms with E-state index in [2.05, 4.69) is 16.9 Å². The van der Waals surface area contributed by atoms with E-state index in [0.29, 0.717) is 30.2 Å². The van der Waals surface area contributed by atoms with Crippen molar-refractivity contribution in [2.24, 2.45) is 0 Å². The first kappa shape index (κ1) is 25.2. The van der Waals surface area contributed by atoms with E-state index in [-0.39, 0.29) is 5.82 Å². The summed E-state index contributed by atoms with van der Waals surface area (Å²) in [5.41, 5.74) is 1.35. The molecule has 0 saturated carbocycles. The molecule has 172 valence electrons. The lowest BCUT2D eigenvalue weighted by molar-refractivity contribution is 0.302. The van der Waals surface area contributed by atoms with Crippen molar-refractivity contribution in [3.05, 3.63) is 42.0 Å². The Hall–Kier alpha value is -2.04. The van der Waals surface area contributed by atoms with Crippen LogP contribution in [0.15, 0.2) is 30.6 Å². The fourth-order valence-corrected chi connectivity index (χ4v) is 3.61. The fourth-order valence-electron chi connectivity index (χ4n) is 3.61. The molecule has 0 fully saturated rings. The molecule has 0 aliphatic rings. The molecule has 1 aromatic heterocycles. The second kappa shape index (κ2) is 14.9. The van der Waals surface area contributed by atoms with Crippen molar-refractivity contribution in [3.63, 3.8) is 0 Å². The molecule has 0 spiro atoms. The molecule has 3 nitrogen and oxygen atoms in total. The van der Waals surface area contributed by atoms with Gasteiger partial charge in [-0.25, -0.2) is 18.7 Å². The molecule has 1 unspecified atom stereocenters. The molecule has 5 heteroatoms. The zero-order valence-electron chi connectivity index (χ0n) is 19.2. The second-order valence-electron chi connectivity index (χ2n) is 8.41. The predicted octanol–water partition coefficient (Wildman–Crippen LogP) is 7.87. The first-order valence-corrected chi connectivity index (χ1v) is 12.0. The van der Waals surface area contributed by atoms with Gasteiger partial charge in [-0.3, -0.25) is 0 Å². The van der Waals surface area contributed by atoms with Crippen LogP contribution in [0.1, 0.15) is 90.0 Å². The van der Waals surface area contributed by atoms with Crippen molar-refractivity contribution in [2.75, 3.05) is 6.61 Å². The lowest BCUT2D eigenvalue weighted by atomic mass is 10.0. The number of rotatable bonds is 16. The summed E-state index contributed by atoms with van der Waals surface area (Å²) >= 11 is 0. The maximum atomic E-state index is 14.6. The minimum Gasteiger partial charge on any atom is -0.490 e. The molecule has 0 radical (unpaired) electrons. The zero-order valence-corrected chi connectivity index (χ0v) is 19.2. The largest absolute Gasteiger partial charge is 0.490 e. The van der Waals surface area contributed by atoms with E-state index < -0.39 is 6.17 Å². The van der Waals surface area contributed by atoms with Crippen LogP contribution in [-0.4, -0.2) is 22.7 Å². The standard InChI is InChI=1S/C26H38F2N2O/c1-3-4-5-6-7-8-12-17-31-23-19-29-26(30-20-23)24-16-15-22(18-25(24)28)14-11-9-10-13-21(2)27/h15-16,18-21H,3-14,17H2,1-2H3. The van der Waals surface area contributed by atoms with Crippen molar-refractivity contribution in [3.8, 4) is 17.1 Å². The predicted molar refractivity (Wildman–Crippen MR) is 124 cm³/mol. The molecule has 1 atom stereocenters. The minimum absolute atomic E-state index is 0.313. The lowest BCUT2D eigenvalue weighted by Crippen LogP contribution is -2.00. The highest BCUT2D eigenvalue weighted by Crippen LogP contribution is 2.22. The number of benzene rings is 1. The van der Waals surface area contributed by atoms with Gasteiger partial charge in [-0.05, 0) is 50.3 Å². The molecule has 0 amide bonds. The van der Waals surface area contributed by atoms with Gasteiger partial charge in [0.15, 0.2) is 11.6 Å². The van der Waals surface area contributed by atoms with Gasteiger partial charge in [0.1, 0.15) is 5.82 Å². The van der Waals surface area contributed by atoms with E-state index in [1.165, 1.54) is 38.5 Å². The van der Waals surface area contributed by atoms with Crippen LogP contribution in [0.3, 0.4) is 0 Å². The van der Waals surface area contributed by atoms with E-state index in [4.69, 9.17) is 4.74 Å².